The summed E-state index contributed by atoms with van der Waals surface area (Å²) in [5.74, 6) is 0.0515. The molecule has 2 rings (SSSR count). The largest absolute Gasteiger partial charge is 0.390 e. The maximum absolute atomic E-state index is 12.9. The summed E-state index contributed by atoms with van der Waals surface area (Å²) in [4.78, 5) is 25.1. The maximum Gasteiger partial charge on any atom is 0.224 e. The van der Waals surface area contributed by atoms with E-state index >= 15 is 0 Å². The van der Waals surface area contributed by atoms with Crippen LogP contribution in [0.3, 0.4) is 0 Å². The molecule has 0 saturated heterocycles. The molecule has 6 nitrogen and oxygen atoms in total. The second-order valence-corrected chi connectivity index (χ2v) is 10.6. The summed E-state index contributed by atoms with van der Waals surface area (Å²) in [6.07, 6.45) is 7.17. The lowest BCUT2D eigenvalue weighted by molar-refractivity contribution is -0.127. The fraction of sp³-hybridized carbons (Fsp3) is 0.714. The molecular formula is C28H46N2O4. The zero-order valence-electron chi connectivity index (χ0n) is 21.3. The quantitative estimate of drug-likeness (QED) is 0.328. The van der Waals surface area contributed by atoms with Crippen molar-refractivity contribution in [2.75, 3.05) is 6.54 Å². The van der Waals surface area contributed by atoms with Crippen LogP contribution >= 0.6 is 0 Å². The van der Waals surface area contributed by atoms with Crippen LogP contribution in [0.1, 0.15) is 84.1 Å². The topological polar surface area (TPSA) is 98.7 Å². The number of carbonyl (C=O) groups excluding carboxylic acids is 2. The first kappa shape index (κ1) is 28.3. The average Bonchev–Trinajstić information content (AvgIpc) is 2.82. The first-order valence-corrected chi connectivity index (χ1v) is 13.2. The van der Waals surface area contributed by atoms with Crippen LogP contribution in [0.4, 0.5) is 0 Å². The van der Waals surface area contributed by atoms with Crippen LogP contribution < -0.4 is 10.6 Å². The van der Waals surface area contributed by atoms with E-state index in [1.54, 1.807) is 6.92 Å². The van der Waals surface area contributed by atoms with Crippen LogP contribution in [0.25, 0.3) is 0 Å². The second kappa shape index (κ2) is 15.2. The normalized spacial score (nSPS) is 18.2. The molecule has 1 aromatic carbocycles. The number of aliphatic hydroxyl groups excluding tert-OH is 2. The number of nitrogens with one attached hydrogen (secondary N) is 2. The summed E-state index contributed by atoms with van der Waals surface area (Å²) in [5, 5.41) is 27.3. The molecule has 1 aliphatic rings. The predicted octanol–water partition coefficient (Wildman–Crippen LogP) is 3.98. The van der Waals surface area contributed by atoms with Gasteiger partial charge in [0, 0.05) is 13.0 Å². The van der Waals surface area contributed by atoms with Crippen molar-refractivity contribution >= 4 is 11.8 Å². The van der Waals surface area contributed by atoms with Crippen LogP contribution in [-0.2, 0) is 16.0 Å². The second-order valence-electron chi connectivity index (χ2n) is 10.6. The maximum atomic E-state index is 12.9. The summed E-state index contributed by atoms with van der Waals surface area (Å²) in [5.41, 5.74) is 1.21. The van der Waals surface area contributed by atoms with Crippen molar-refractivity contribution in [2.45, 2.75) is 103 Å². The predicted molar refractivity (Wildman–Crippen MR) is 136 cm³/mol. The van der Waals surface area contributed by atoms with Crippen molar-refractivity contribution in [3.63, 3.8) is 0 Å². The third-order valence-electron chi connectivity index (χ3n) is 6.92. The molecule has 1 aliphatic carbocycles. The van der Waals surface area contributed by atoms with E-state index in [-0.39, 0.29) is 24.3 Å². The Morgan fingerprint density at radius 3 is 2.35 bits per heavy atom. The molecule has 0 unspecified atom stereocenters. The zero-order chi connectivity index (χ0) is 24.9. The monoisotopic (exact) mass is 474 g/mol. The number of carbonyl (C=O) groups is 2. The Kier molecular flexibility index (Phi) is 12.6. The summed E-state index contributed by atoms with van der Waals surface area (Å²) in [7, 11) is 0. The van der Waals surface area contributed by atoms with Gasteiger partial charge in [-0.1, -0.05) is 83.2 Å². The van der Waals surface area contributed by atoms with Crippen LogP contribution in [0.5, 0.6) is 0 Å². The standard InChI is InChI=1S/C28H46N2O4/c1-20(2)17-25(31)27(33)24(18-23-13-8-5-9-14-23)30-28(34)21(3)19-29-26(32)16-10-15-22-11-6-4-7-12-22/h4,6-7,11-12,20-21,23-25,27,31,33H,5,8-10,13-19H2,1-3H3,(H,29,32)(H,30,34)/t21-,24-,25-,27+/m0/s1. The Labute approximate surface area is 205 Å². The Morgan fingerprint density at radius 2 is 1.71 bits per heavy atom. The smallest absolute Gasteiger partial charge is 0.224 e. The molecule has 34 heavy (non-hydrogen) atoms. The van der Waals surface area contributed by atoms with Gasteiger partial charge >= 0.3 is 0 Å². The van der Waals surface area contributed by atoms with E-state index in [0.717, 1.165) is 25.7 Å². The van der Waals surface area contributed by atoms with Gasteiger partial charge in [0.05, 0.1) is 18.1 Å². The fourth-order valence-corrected chi connectivity index (χ4v) is 4.83. The highest BCUT2D eigenvalue weighted by atomic mass is 16.3. The van der Waals surface area contributed by atoms with Crippen LogP contribution in [0, 0.1) is 17.8 Å². The number of aryl methyl sites for hydroxylation is 1. The van der Waals surface area contributed by atoms with Crippen LogP contribution in [0.2, 0.25) is 0 Å². The summed E-state index contributed by atoms with van der Waals surface area (Å²) in [6.45, 7) is 6.06. The number of aliphatic hydroxyl groups is 2. The Bertz CT molecular complexity index is 718. The zero-order valence-corrected chi connectivity index (χ0v) is 21.3. The van der Waals surface area contributed by atoms with Gasteiger partial charge in [0.2, 0.25) is 11.8 Å². The number of amides is 2. The molecule has 1 aromatic rings. The minimum absolute atomic E-state index is 0.0540. The number of hydrogen-bond donors (Lipinski definition) is 4. The van der Waals surface area contributed by atoms with Crippen molar-refractivity contribution in [1.29, 1.82) is 0 Å². The molecule has 1 saturated carbocycles. The van der Waals surface area contributed by atoms with Gasteiger partial charge in [-0.25, -0.2) is 0 Å². The Morgan fingerprint density at radius 1 is 1.03 bits per heavy atom. The van der Waals surface area contributed by atoms with Crippen LogP contribution in [-0.4, -0.2) is 46.8 Å². The van der Waals surface area contributed by atoms with Crippen LogP contribution in [0.15, 0.2) is 30.3 Å². The third-order valence-corrected chi connectivity index (χ3v) is 6.92. The third kappa shape index (κ3) is 10.6. The Balaban J connectivity index is 1.82. The van der Waals surface area contributed by atoms with Gasteiger partial charge in [-0.2, -0.15) is 0 Å². The molecule has 1 fully saturated rings. The lowest BCUT2D eigenvalue weighted by Crippen LogP contribution is -2.52. The highest BCUT2D eigenvalue weighted by Gasteiger charge is 2.31. The number of rotatable bonds is 14. The van der Waals surface area contributed by atoms with E-state index < -0.39 is 24.2 Å². The lowest BCUT2D eigenvalue weighted by Gasteiger charge is -2.33. The molecule has 6 heteroatoms. The SMILES string of the molecule is CC(C)C[C@H](O)[C@H](O)[C@H](CC1CCCCC1)NC(=O)[C@@H](C)CNC(=O)CCCc1ccccc1. The number of benzene rings is 1. The molecule has 0 bridgehead atoms. The molecular weight excluding hydrogens is 428 g/mol. The van der Waals surface area contributed by atoms with E-state index in [9.17, 15) is 19.8 Å². The van der Waals surface area contributed by atoms with Gasteiger partial charge in [-0.3, -0.25) is 9.59 Å². The molecule has 0 heterocycles. The molecule has 0 aromatic heterocycles. The van der Waals surface area contributed by atoms with E-state index in [2.05, 4.69) is 22.8 Å². The minimum atomic E-state index is -0.993. The molecule has 0 spiro atoms. The van der Waals surface area contributed by atoms with Crippen molar-refractivity contribution < 1.29 is 19.8 Å². The molecule has 192 valence electrons. The summed E-state index contributed by atoms with van der Waals surface area (Å²) in [6, 6.07) is 9.60. The van der Waals surface area contributed by atoms with Gasteiger partial charge in [-0.05, 0) is 43.1 Å². The van der Waals surface area contributed by atoms with Gasteiger partial charge < -0.3 is 20.8 Å². The van der Waals surface area contributed by atoms with E-state index in [1.807, 2.05) is 32.0 Å². The highest BCUT2D eigenvalue weighted by molar-refractivity contribution is 5.80. The van der Waals surface area contributed by atoms with E-state index in [0.29, 0.717) is 25.2 Å². The Hall–Kier alpha value is -1.92. The van der Waals surface area contributed by atoms with E-state index in [1.165, 1.54) is 24.8 Å². The lowest BCUT2D eigenvalue weighted by atomic mass is 9.82. The van der Waals surface area contributed by atoms with Crippen molar-refractivity contribution in [2.24, 2.45) is 17.8 Å². The number of hydrogen-bond acceptors (Lipinski definition) is 4. The summed E-state index contributed by atoms with van der Waals surface area (Å²) >= 11 is 0. The molecule has 0 aliphatic heterocycles. The van der Waals surface area contributed by atoms with Crippen molar-refractivity contribution in [1.82, 2.24) is 10.6 Å². The molecule has 4 atom stereocenters. The average molecular weight is 475 g/mol. The van der Waals surface area contributed by atoms with Crippen molar-refractivity contribution in [3.8, 4) is 0 Å². The first-order valence-electron chi connectivity index (χ1n) is 13.2. The molecule has 2 amide bonds. The van der Waals surface area contributed by atoms with Gasteiger partial charge in [-0.15, -0.1) is 0 Å². The van der Waals surface area contributed by atoms with Gasteiger partial charge in [0.1, 0.15) is 6.10 Å². The highest BCUT2D eigenvalue weighted by Crippen LogP contribution is 2.29. The first-order chi connectivity index (χ1) is 16.3. The fourth-order valence-electron chi connectivity index (χ4n) is 4.83. The van der Waals surface area contributed by atoms with E-state index in [4.69, 9.17) is 0 Å². The van der Waals surface area contributed by atoms with Gasteiger partial charge in [0.25, 0.3) is 0 Å². The van der Waals surface area contributed by atoms with Crippen molar-refractivity contribution in [3.05, 3.63) is 35.9 Å². The van der Waals surface area contributed by atoms with Gasteiger partial charge in [0.15, 0.2) is 0 Å². The molecule has 0 radical (unpaired) electrons. The summed E-state index contributed by atoms with van der Waals surface area (Å²) < 4.78 is 0. The molecule has 4 N–H and O–H groups in total. The minimum Gasteiger partial charge on any atom is -0.390 e.